The molecule has 15 heavy (non-hydrogen) atoms. The monoisotopic (exact) mass is 235 g/mol. The summed E-state index contributed by atoms with van der Waals surface area (Å²) in [7, 11) is 0. The van der Waals surface area contributed by atoms with E-state index in [2.05, 4.69) is 16.4 Å². The van der Waals surface area contributed by atoms with Crippen molar-refractivity contribution in [1.29, 1.82) is 5.26 Å². The molecule has 0 aliphatic rings. The van der Waals surface area contributed by atoms with Crippen molar-refractivity contribution in [3.63, 3.8) is 0 Å². The molecule has 1 heterocycles. The van der Waals surface area contributed by atoms with E-state index in [0.717, 1.165) is 5.69 Å². The van der Waals surface area contributed by atoms with Crippen molar-refractivity contribution in [2.75, 3.05) is 5.32 Å². The van der Waals surface area contributed by atoms with E-state index in [1.165, 1.54) is 11.3 Å². The van der Waals surface area contributed by atoms with Gasteiger partial charge >= 0.3 is 0 Å². The molecule has 0 bridgehead atoms. The van der Waals surface area contributed by atoms with Crippen LogP contribution in [-0.4, -0.2) is 4.98 Å². The van der Waals surface area contributed by atoms with Gasteiger partial charge in [-0.05, 0) is 12.1 Å². The third-order valence-corrected chi connectivity index (χ3v) is 2.86. The van der Waals surface area contributed by atoms with Crippen LogP contribution in [0.2, 0.25) is 5.02 Å². The van der Waals surface area contributed by atoms with Crippen LogP contribution < -0.4 is 5.32 Å². The Labute approximate surface area is 96.0 Å². The van der Waals surface area contributed by atoms with Crippen LogP contribution in [0.15, 0.2) is 29.8 Å². The van der Waals surface area contributed by atoms with Crippen molar-refractivity contribution in [3.05, 3.63) is 39.7 Å². The SMILES string of the molecule is N#Cc1scnc1Nc1ccccc1Cl. The van der Waals surface area contributed by atoms with Gasteiger partial charge in [0.1, 0.15) is 10.9 Å². The van der Waals surface area contributed by atoms with Gasteiger partial charge in [-0.25, -0.2) is 4.98 Å². The summed E-state index contributed by atoms with van der Waals surface area (Å²) in [6.45, 7) is 0. The Hall–Kier alpha value is -1.57. The van der Waals surface area contributed by atoms with Gasteiger partial charge in [0, 0.05) is 0 Å². The summed E-state index contributed by atoms with van der Waals surface area (Å²) in [6.07, 6.45) is 0. The van der Waals surface area contributed by atoms with Crippen LogP contribution in [0.3, 0.4) is 0 Å². The fourth-order valence-electron chi connectivity index (χ4n) is 1.10. The summed E-state index contributed by atoms with van der Waals surface area (Å²) in [5.74, 6) is 0.551. The number of anilines is 2. The minimum atomic E-state index is 0.551. The van der Waals surface area contributed by atoms with Crippen molar-refractivity contribution < 1.29 is 0 Å². The van der Waals surface area contributed by atoms with Crippen LogP contribution in [0.1, 0.15) is 4.88 Å². The van der Waals surface area contributed by atoms with Crippen LogP contribution in [0, 0.1) is 11.3 Å². The van der Waals surface area contributed by atoms with Gasteiger partial charge in [-0.3, -0.25) is 0 Å². The van der Waals surface area contributed by atoms with Crippen molar-refractivity contribution in [1.82, 2.24) is 4.98 Å². The summed E-state index contributed by atoms with van der Waals surface area (Å²) in [5, 5.41) is 12.4. The molecule has 0 fully saturated rings. The minimum absolute atomic E-state index is 0.551. The predicted molar refractivity (Wildman–Crippen MR) is 61.6 cm³/mol. The second kappa shape index (κ2) is 4.30. The molecule has 2 rings (SSSR count). The lowest BCUT2D eigenvalue weighted by Crippen LogP contribution is -1.92. The lowest BCUT2D eigenvalue weighted by Gasteiger charge is -2.04. The van der Waals surface area contributed by atoms with Gasteiger partial charge in [0.25, 0.3) is 0 Å². The molecular weight excluding hydrogens is 230 g/mol. The summed E-state index contributed by atoms with van der Waals surface area (Å²) in [4.78, 5) is 4.60. The number of nitriles is 1. The van der Waals surface area contributed by atoms with E-state index in [0.29, 0.717) is 15.7 Å². The van der Waals surface area contributed by atoms with Crippen LogP contribution in [0.5, 0.6) is 0 Å². The molecule has 0 aliphatic heterocycles. The third-order valence-electron chi connectivity index (χ3n) is 1.80. The molecule has 3 nitrogen and oxygen atoms in total. The first-order valence-electron chi connectivity index (χ1n) is 4.16. The van der Waals surface area contributed by atoms with Gasteiger partial charge in [0.05, 0.1) is 16.2 Å². The van der Waals surface area contributed by atoms with Gasteiger partial charge in [-0.15, -0.1) is 11.3 Å². The van der Waals surface area contributed by atoms with Crippen molar-refractivity contribution in [3.8, 4) is 6.07 Å². The van der Waals surface area contributed by atoms with E-state index < -0.39 is 0 Å². The number of hydrogen-bond donors (Lipinski definition) is 1. The molecular formula is C10H6ClN3S. The summed E-state index contributed by atoms with van der Waals surface area (Å²) < 4.78 is 0. The average molecular weight is 236 g/mol. The van der Waals surface area contributed by atoms with E-state index in [1.807, 2.05) is 18.2 Å². The van der Waals surface area contributed by atoms with Gasteiger partial charge in [-0.1, -0.05) is 23.7 Å². The number of thiazole rings is 1. The Morgan fingerprint density at radius 3 is 2.93 bits per heavy atom. The molecule has 1 aromatic heterocycles. The number of para-hydroxylation sites is 1. The largest absolute Gasteiger partial charge is 0.337 e. The van der Waals surface area contributed by atoms with Crippen LogP contribution in [-0.2, 0) is 0 Å². The second-order valence-corrected chi connectivity index (χ2v) is 4.01. The van der Waals surface area contributed by atoms with E-state index in [4.69, 9.17) is 16.9 Å². The standard InChI is InChI=1S/C10H6ClN3S/c11-7-3-1-2-4-8(7)14-10-9(5-12)15-6-13-10/h1-4,6,14H. The molecule has 0 unspecified atom stereocenters. The highest BCUT2D eigenvalue weighted by Crippen LogP contribution is 2.26. The van der Waals surface area contributed by atoms with Crippen LogP contribution in [0.4, 0.5) is 11.5 Å². The Balaban J connectivity index is 2.31. The number of rotatable bonds is 2. The second-order valence-electron chi connectivity index (χ2n) is 2.75. The van der Waals surface area contributed by atoms with Crippen molar-refractivity contribution in [2.24, 2.45) is 0 Å². The molecule has 0 amide bonds. The van der Waals surface area contributed by atoms with E-state index in [-0.39, 0.29) is 0 Å². The topological polar surface area (TPSA) is 48.7 Å². The van der Waals surface area contributed by atoms with E-state index in [1.54, 1.807) is 11.6 Å². The molecule has 0 spiro atoms. The predicted octanol–water partition coefficient (Wildman–Crippen LogP) is 3.41. The maximum atomic E-state index is 8.80. The molecule has 0 saturated carbocycles. The maximum absolute atomic E-state index is 8.80. The first-order valence-corrected chi connectivity index (χ1v) is 5.42. The van der Waals surface area contributed by atoms with Gasteiger partial charge < -0.3 is 5.32 Å². The first-order chi connectivity index (χ1) is 7.31. The molecule has 0 radical (unpaired) electrons. The third kappa shape index (κ3) is 2.09. The summed E-state index contributed by atoms with van der Waals surface area (Å²) >= 11 is 7.26. The fourth-order valence-corrected chi connectivity index (χ4v) is 1.82. The fraction of sp³-hybridized carbons (Fsp3) is 0. The highest BCUT2D eigenvalue weighted by atomic mass is 35.5. The van der Waals surface area contributed by atoms with Gasteiger partial charge in [0.2, 0.25) is 0 Å². The highest BCUT2D eigenvalue weighted by molar-refractivity contribution is 7.10. The molecule has 5 heteroatoms. The zero-order valence-electron chi connectivity index (χ0n) is 7.57. The van der Waals surface area contributed by atoms with Crippen LogP contribution in [0.25, 0.3) is 0 Å². The van der Waals surface area contributed by atoms with Gasteiger partial charge in [0.15, 0.2) is 5.82 Å². The number of aromatic nitrogens is 1. The Morgan fingerprint density at radius 1 is 1.40 bits per heavy atom. The molecule has 0 saturated heterocycles. The lowest BCUT2D eigenvalue weighted by molar-refractivity contribution is 1.37. The smallest absolute Gasteiger partial charge is 0.159 e. The normalized spacial score (nSPS) is 9.60. The van der Waals surface area contributed by atoms with E-state index >= 15 is 0 Å². The number of hydrogen-bond acceptors (Lipinski definition) is 4. The number of nitrogens with zero attached hydrogens (tertiary/aromatic N) is 2. The van der Waals surface area contributed by atoms with E-state index in [9.17, 15) is 0 Å². The van der Waals surface area contributed by atoms with Crippen LogP contribution >= 0.6 is 22.9 Å². The minimum Gasteiger partial charge on any atom is -0.337 e. The summed E-state index contributed by atoms with van der Waals surface area (Å²) in [6, 6.07) is 9.40. The molecule has 1 aromatic carbocycles. The van der Waals surface area contributed by atoms with Crippen molar-refractivity contribution >= 4 is 34.4 Å². The summed E-state index contributed by atoms with van der Waals surface area (Å²) in [5.41, 5.74) is 2.37. The molecule has 1 N–H and O–H groups in total. The number of halogens is 1. The maximum Gasteiger partial charge on any atom is 0.159 e. The highest BCUT2D eigenvalue weighted by Gasteiger charge is 2.06. The zero-order chi connectivity index (χ0) is 10.7. The zero-order valence-corrected chi connectivity index (χ0v) is 9.14. The Bertz CT molecular complexity index is 515. The quantitative estimate of drug-likeness (QED) is 0.868. The molecule has 0 aliphatic carbocycles. The number of nitrogens with one attached hydrogen (secondary N) is 1. The van der Waals surface area contributed by atoms with Gasteiger partial charge in [-0.2, -0.15) is 5.26 Å². The first kappa shape index (κ1) is 9.97. The average Bonchev–Trinajstić information content (AvgIpc) is 2.69. The Morgan fingerprint density at radius 2 is 2.20 bits per heavy atom. The Kier molecular flexibility index (Phi) is 2.86. The number of benzene rings is 1. The molecule has 74 valence electrons. The van der Waals surface area contributed by atoms with Crippen molar-refractivity contribution in [2.45, 2.75) is 0 Å². The lowest BCUT2D eigenvalue weighted by atomic mass is 10.3. The molecule has 0 atom stereocenters. The molecule has 2 aromatic rings.